The Morgan fingerprint density at radius 2 is 1.57 bits per heavy atom. The van der Waals surface area contributed by atoms with Gasteiger partial charge in [-0.05, 0) is 48.7 Å². The van der Waals surface area contributed by atoms with E-state index in [2.05, 4.69) is 5.32 Å². The molecular formula is C27H26ClNO6. The third-order valence-electron chi connectivity index (χ3n) is 6.63. The highest BCUT2D eigenvalue weighted by molar-refractivity contribution is 6.30. The van der Waals surface area contributed by atoms with Crippen molar-refractivity contribution in [2.24, 2.45) is 5.92 Å². The summed E-state index contributed by atoms with van der Waals surface area (Å²) in [5, 5.41) is 3.79. The molecule has 1 heterocycles. The largest absolute Gasteiger partial charge is 0.497 e. The van der Waals surface area contributed by atoms with Gasteiger partial charge in [0, 0.05) is 33.8 Å². The van der Waals surface area contributed by atoms with E-state index < -0.39 is 29.7 Å². The van der Waals surface area contributed by atoms with E-state index in [0.29, 0.717) is 45.3 Å². The molecule has 1 aliphatic carbocycles. The Kier molecular flexibility index (Phi) is 6.98. The second-order valence-electron chi connectivity index (χ2n) is 8.48. The first-order valence-electron chi connectivity index (χ1n) is 11.1. The van der Waals surface area contributed by atoms with Crippen molar-refractivity contribution in [2.75, 3.05) is 21.3 Å². The number of hydrogen-bond acceptors (Lipinski definition) is 7. The average Bonchev–Trinajstić information content (AvgIpc) is 2.87. The molecule has 4 rings (SSSR count). The minimum atomic E-state index is -1.07. The second kappa shape index (κ2) is 9.96. The molecule has 7 nitrogen and oxygen atoms in total. The van der Waals surface area contributed by atoms with E-state index in [1.54, 1.807) is 50.4 Å². The van der Waals surface area contributed by atoms with Crippen LogP contribution >= 0.6 is 11.6 Å². The first kappa shape index (κ1) is 24.5. The lowest BCUT2D eigenvalue weighted by Gasteiger charge is -2.39. The van der Waals surface area contributed by atoms with Gasteiger partial charge in [-0.1, -0.05) is 35.9 Å². The number of nitrogens with one attached hydrogen (secondary N) is 1. The summed E-state index contributed by atoms with van der Waals surface area (Å²) in [6.07, 6.45) is 0.378. The van der Waals surface area contributed by atoms with Crippen LogP contribution in [0.25, 0.3) is 0 Å². The van der Waals surface area contributed by atoms with Crippen molar-refractivity contribution in [3.63, 3.8) is 0 Å². The highest BCUT2D eigenvalue weighted by atomic mass is 35.5. The molecule has 3 atom stereocenters. The molecule has 2 aliphatic rings. The van der Waals surface area contributed by atoms with E-state index in [1.807, 2.05) is 12.1 Å². The molecule has 0 unspecified atom stereocenters. The maximum atomic E-state index is 14.1. The van der Waals surface area contributed by atoms with Crippen molar-refractivity contribution in [1.29, 1.82) is 0 Å². The van der Waals surface area contributed by atoms with Gasteiger partial charge in [-0.25, -0.2) is 4.79 Å². The zero-order valence-electron chi connectivity index (χ0n) is 19.9. The lowest BCUT2D eigenvalue weighted by Crippen LogP contribution is -2.43. The first-order valence-corrected chi connectivity index (χ1v) is 11.5. The topological polar surface area (TPSA) is 90.9 Å². The van der Waals surface area contributed by atoms with E-state index in [-0.39, 0.29) is 5.78 Å². The van der Waals surface area contributed by atoms with Gasteiger partial charge in [0.25, 0.3) is 0 Å². The molecule has 0 saturated carbocycles. The Bertz CT molecular complexity index is 1230. The summed E-state index contributed by atoms with van der Waals surface area (Å²) in [4.78, 5) is 39.9. The molecule has 0 spiro atoms. The fourth-order valence-electron chi connectivity index (χ4n) is 4.97. The summed E-state index contributed by atoms with van der Waals surface area (Å²) in [6, 6.07) is 14.2. The number of rotatable bonds is 5. The standard InChI is InChI=1S/C27H26ClNO6/c1-14-21(26(31)34-3)22(16-5-9-17(28)10-6-16)24-20(29-14)13-19(23(25(24)30)27(32)35-4)15-7-11-18(33-2)12-8-15/h5-12,19,22-23,29H,13H2,1-4H3/t19-,22+,23+/m0/s1. The van der Waals surface area contributed by atoms with Gasteiger partial charge in [-0.15, -0.1) is 0 Å². The quantitative estimate of drug-likeness (QED) is 0.489. The van der Waals surface area contributed by atoms with Crippen LogP contribution in [0.1, 0.15) is 36.3 Å². The minimum absolute atomic E-state index is 0.313. The zero-order valence-corrected chi connectivity index (χ0v) is 20.6. The van der Waals surface area contributed by atoms with Crippen molar-refractivity contribution in [3.05, 3.63) is 87.2 Å². The number of ether oxygens (including phenoxy) is 3. The molecule has 0 radical (unpaired) electrons. The molecule has 1 N–H and O–H groups in total. The molecule has 0 amide bonds. The molecule has 0 aromatic heterocycles. The number of ketones is 1. The van der Waals surface area contributed by atoms with Crippen molar-refractivity contribution >= 4 is 29.3 Å². The maximum absolute atomic E-state index is 14.1. The predicted molar refractivity (Wildman–Crippen MR) is 130 cm³/mol. The number of esters is 2. The van der Waals surface area contributed by atoms with Crippen LogP contribution in [0.5, 0.6) is 5.75 Å². The summed E-state index contributed by atoms with van der Waals surface area (Å²) >= 11 is 6.10. The van der Waals surface area contributed by atoms with E-state index >= 15 is 0 Å². The normalized spacial score (nSPS) is 21.7. The van der Waals surface area contributed by atoms with Gasteiger partial charge in [0.1, 0.15) is 11.7 Å². The predicted octanol–water partition coefficient (Wildman–Crippen LogP) is 4.28. The van der Waals surface area contributed by atoms with Crippen molar-refractivity contribution in [2.45, 2.75) is 25.2 Å². The van der Waals surface area contributed by atoms with Crippen LogP contribution in [0.15, 0.2) is 71.1 Å². The Hall–Kier alpha value is -3.58. The molecule has 1 aliphatic heterocycles. The third-order valence-corrected chi connectivity index (χ3v) is 6.88. The third kappa shape index (κ3) is 4.44. The van der Waals surface area contributed by atoms with Crippen LogP contribution in [-0.4, -0.2) is 39.1 Å². The highest BCUT2D eigenvalue weighted by Crippen LogP contribution is 2.48. The number of carbonyl (C=O) groups is 3. The Balaban J connectivity index is 1.88. The molecule has 0 bridgehead atoms. The molecular weight excluding hydrogens is 470 g/mol. The summed E-state index contributed by atoms with van der Waals surface area (Å²) in [5.74, 6) is -3.13. The number of allylic oxidation sites excluding steroid dienone is 3. The van der Waals surface area contributed by atoms with Gasteiger partial charge >= 0.3 is 11.9 Å². The van der Waals surface area contributed by atoms with Crippen LogP contribution in [-0.2, 0) is 23.9 Å². The van der Waals surface area contributed by atoms with Gasteiger partial charge in [-0.2, -0.15) is 0 Å². The average molecular weight is 496 g/mol. The number of benzene rings is 2. The number of hydrogen-bond donors (Lipinski definition) is 1. The lowest BCUT2D eigenvalue weighted by molar-refractivity contribution is -0.150. The molecule has 35 heavy (non-hydrogen) atoms. The van der Waals surface area contributed by atoms with E-state index in [1.165, 1.54) is 14.2 Å². The summed E-state index contributed by atoms with van der Waals surface area (Å²) in [5.41, 5.74) is 3.44. The van der Waals surface area contributed by atoms with Crippen LogP contribution in [0.4, 0.5) is 0 Å². The molecule has 0 fully saturated rings. The fourth-order valence-corrected chi connectivity index (χ4v) is 5.09. The van der Waals surface area contributed by atoms with Gasteiger partial charge in [-0.3, -0.25) is 9.59 Å². The lowest BCUT2D eigenvalue weighted by atomic mass is 9.67. The van der Waals surface area contributed by atoms with Crippen molar-refractivity contribution in [1.82, 2.24) is 5.32 Å². The number of carbonyl (C=O) groups excluding carboxylic acids is 3. The Morgan fingerprint density at radius 3 is 2.14 bits per heavy atom. The number of methoxy groups -OCH3 is 3. The fraction of sp³-hybridized carbons (Fsp3) is 0.296. The van der Waals surface area contributed by atoms with Gasteiger partial charge in [0.2, 0.25) is 0 Å². The first-order chi connectivity index (χ1) is 16.8. The Morgan fingerprint density at radius 1 is 0.943 bits per heavy atom. The van der Waals surface area contributed by atoms with Crippen LogP contribution in [0.3, 0.4) is 0 Å². The molecule has 182 valence electrons. The molecule has 2 aromatic rings. The number of dihydropyridines is 1. The van der Waals surface area contributed by atoms with Gasteiger partial charge in [0.15, 0.2) is 5.78 Å². The summed E-state index contributed by atoms with van der Waals surface area (Å²) in [6.45, 7) is 1.78. The number of Topliss-reactive ketones (excluding diaryl/α,β-unsaturated/α-hetero) is 1. The van der Waals surface area contributed by atoms with Gasteiger partial charge < -0.3 is 19.5 Å². The monoisotopic (exact) mass is 495 g/mol. The van der Waals surface area contributed by atoms with Crippen molar-refractivity contribution in [3.8, 4) is 5.75 Å². The zero-order chi connectivity index (χ0) is 25.3. The summed E-state index contributed by atoms with van der Waals surface area (Å²) in [7, 11) is 4.14. The molecule has 2 aromatic carbocycles. The molecule has 0 saturated heterocycles. The maximum Gasteiger partial charge on any atom is 0.336 e. The van der Waals surface area contributed by atoms with E-state index in [9.17, 15) is 14.4 Å². The van der Waals surface area contributed by atoms with E-state index in [4.69, 9.17) is 25.8 Å². The van der Waals surface area contributed by atoms with E-state index in [0.717, 1.165) is 5.56 Å². The van der Waals surface area contributed by atoms with Crippen LogP contribution < -0.4 is 10.1 Å². The smallest absolute Gasteiger partial charge is 0.336 e. The minimum Gasteiger partial charge on any atom is -0.497 e. The van der Waals surface area contributed by atoms with Gasteiger partial charge in [0.05, 0.1) is 26.9 Å². The highest BCUT2D eigenvalue weighted by Gasteiger charge is 2.48. The van der Waals surface area contributed by atoms with Crippen LogP contribution in [0, 0.1) is 5.92 Å². The number of halogens is 1. The Labute approximate surface area is 208 Å². The summed E-state index contributed by atoms with van der Waals surface area (Å²) < 4.78 is 15.4. The van der Waals surface area contributed by atoms with Crippen LogP contribution in [0.2, 0.25) is 5.02 Å². The van der Waals surface area contributed by atoms with Crippen molar-refractivity contribution < 1.29 is 28.6 Å². The second-order valence-corrected chi connectivity index (χ2v) is 8.92. The SMILES string of the molecule is COC(=O)C1=C(C)NC2=C(C(=O)[C@H](C(=O)OC)[C@H](c3ccc(OC)cc3)C2)[C@@H]1c1ccc(Cl)cc1. The molecule has 8 heteroatoms.